The summed E-state index contributed by atoms with van der Waals surface area (Å²) in [7, 11) is 1.59. The van der Waals surface area contributed by atoms with Crippen LogP contribution in [0.25, 0.3) is 0 Å². The van der Waals surface area contributed by atoms with Gasteiger partial charge in [0.05, 0.1) is 11.2 Å². The van der Waals surface area contributed by atoms with Crippen molar-refractivity contribution in [2.24, 2.45) is 12.9 Å². The first kappa shape index (κ1) is 11.9. The van der Waals surface area contributed by atoms with Gasteiger partial charge in [0, 0.05) is 7.05 Å². The number of halogens is 1. The van der Waals surface area contributed by atoms with E-state index in [9.17, 15) is 4.79 Å². The van der Waals surface area contributed by atoms with Crippen molar-refractivity contribution >= 4 is 29.3 Å². The summed E-state index contributed by atoms with van der Waals surface area (Å²) in [6.07, 6.45) is 1.41. The van der Waals surface area contributed by atoms with Gasteiger partial charge in [-0.3, -0.25) is 9.99 Å². The third kappa shape index (κ3) is 2.40. The van der Waals surface area contributed by atoms with Crippen molar-refractivity contribution < 1.29 is 0 Å². The Balaban J connectivity index is 2.35. The van der Waals surface area contributed by atoms with Crippen LogP contribution >= 0.6 is 23.4 Å². The maximum atomic E-state index is 11.2. The third-order valence-electron chi connectivity index (χ3n) is 1.87. The molecule has 17 heavy (non-hydrogen) atoms. The fourth-order valence-corrected chi connectivity index (χ4v) is 1.98. The number of nitrogen functional groups attached to an aromatic ring is 1. The second-order valence-corrected chi connectivity index (χ2v) is 4.33. The van der Waals surface area contributed by atoms with E-state index in [0.29, 0.717) is 15.2 Å². The van der Waals surface area contributed by atoms with Crippen LogP contribution in [0.3, 0.4) is 0 Å². The number of nitrogens with zero attached hydrogens (tertiary/aromatic N) is 4. The van der Waals surface area contributed by atoms with Gasteiger partial charge in [0.15, 0.2) is 5.16 Å². The van der Waals surface area contributed by atoms with Gasteiger partial charge in [0.2, 0.25) is 5.95 Å². The maximum absolute atomic E-state index is 11.2. The van der Waals surface area contributed by atoms with Crippen molar-refractivity contribution in [2.75, 3.05) is 5.43 Å². The fraction of sp³-hybridized carbons (Fsp3) is 0.143. The first-order chi connectivity index (χ1) is 8.11. The van der Waals surface area contributed by atoms with Crippen molar-refractivity contribution in [3.05, 3.63) is 21.7 Å². The molecule has 0 unspecified atom stereocenters. The van der Waals surface area contributed by atoms with Gasteiger partial charge in [-0.2, -0.15) is 0 Å². The van der Waals surface area contributed by atoms with Crippen molar-refractivity contribution in [1.82, 2.24) is 24.7 Å². The van der Waals surface area contributed by atoms with Crippen LogP contribution in [-0.4, -0.2) is 24.7 Å². The molecule has 0 atom stereocenters. The number of H-pyrrole nitrogens is 1. The number of rotatable bonds is 3. The number of hydrogen-bond donors (Lipinski definition) is 3. The molecule has 2 aromatic rings. The molecule has 0 fully saturated rings. The number of anilines is 1. The van der Waals surface area contributed by atoms with Gasteiger partial charge in [-0.1, -0.05) is 11.6 Å². The smallest absolute Gasteiger partial charge is 0.292 e. The molecule has 2 aromatic heterocycles. The molecule has 10 heteroatoms. The Morgan fingerprint density at radius 2 is 2.41 bits per heavy atom. The van der Waals surface area contributed by atoms with E-state index < -0.39 is 0 Å². The van der Waals surface area contributed by atoms with Gasteiger partial charge in [-0.05, 0) is 11.8 Å². The molecular formula is C7H8ClN7OS. The van der Waals surface area contributed by atoms with E-state index in [1.807, 2.05) is 0 Å². The molecule has 0 bridgehead atoms. The van der Waals surface area contributed by atoms with Crippen LogP contribution in [0.15, 0.2) is 21.2 Å². The van der Waals surface area contributed by atoms with Crippen LogP contribution in [0.5, 0.6) is 0 Å². The molecule has 90 valence electrons. The minimum absolute atomic E-state index is 0.234. The van der Waals surface area contributed by atoms with Crippen LogP contribution in [0, 0.1) is 0 Å². The van der Waals surface area contributed by atoms with Crippen LogP contribution in [0.1, 0.15) is 0 Å². The van der Waals surface area contributed by atoms with Crippen LogP contribution in [0.2, 0.25) is 5.02 Å². The number of aromatic amines is 1. The third-order valence-corrected chi connectivity index (χ3v) is 3.31. The van der Waals surface area contributed by atoms with Gasteiger partial charge in [0.25, 0.3) is 0 Å². The molecule has 0 aliphatic heterocycles. The van der Waals surface area contributed by atoms with Crippen molar-refractivity contribution in [3.8, 4) is 0 Å². The Labute approximate surface area is 105 Å². The summed E-state index contributed by atoms with van der Waals surface area (Å²) in [5.41, 5.74) is 2.00. The van der Waals surface area contributed by atoms with E-state index in [1.165, 1.54) is 10.8 Å². The first-order valence-electron chi connectivity index (χ1n) is 4.40. The lowest BCUT2D eigenvalue weighted by Gasteiger charge is -2.03. The summed E-state index contributed by atoms with van der Waals surface area (Å²) in [4.78, 5) is 19.1. The molecule has 0 radical (unpaired) electrons. The van der Waals surface area contributed by atoms with Crippen LogP contribution in [-0.2, 0) is 7.05 Å². The predicted molar refractivity (Wildman–Crippen MR) is 62.8 cm³/mol. The number of aromatic nitrogens is 5. The standard InChI is InChI=1S/C7H8ClN7OS/c1-15-6(16)13-14-7(15)17-4-3(8)2-10-5(11-4)12-9/h2H,9H2,1H3,(H,13,16)(H,10,11,12). The minimum Gasteiger partial charge on any atom is -0.292 e. The zero-order chi connectivity index (χ0) is 12.4. The normalized spacial score (nSPS) is 10.5. The van der Waals surface area contributed by atoms with E-state index in [-0.39, 0.29) is 11.6 Å². The number of nitrogens with one attached hydrogen (secondary N) is 2. The molecular weight excluding hydrogens is 266 g/mol. The minimum atomic E-state index is -0.310. The summed E-state index contributed by atoms with van der Waals surface area (Å²) < 4.78 is 1.35. The molecule has 2 rings (SSSR count). The largest absolute Gasteiger partial charge is 0.343 e. The molecule has 0 amide bonds. The Bertz CT molecular complexity index is 594. The summed E-state index contributed by atoms with van der Waals surface area (Å²) >= 11 is 7.06. The van der Waals surface area contributed by atoms with E-state index in [2.05, 4.69) is 25.6 Å². The summed E-state index contributed by atoms with van der Waals surface area (Å²) in [5.74, 6) is 5.43. The van der Waals surface area contributed by atoms with Crippen molar-refractivity contribution in [2.45, 2.75) is 10.2 Å². The lowest BCUT2D eigenvalue weighted by atomic mass is 10.7. The molecule has 0 saturated carbocycles. The quantitative estimate of drug-likeness (QED) is 0.409. The van der Waals surface area contributed by atoms with Crippen molar-refractivity contribution in [1.29, 1.82) is 0 Å². The summed E-state index contributed by atoms with van der Waals surface area (Å²) in [6.45, 7) is 0. The summed E-state index contributed by atoms with van der Waals surface area (Å²) in [6, 6.07) is 0. The van der Waals surface area contributed by atoms with Gasteiger partial charge in [-0.15, -0.1) is 5.10 Å². The molecule has 2 heterocycles. The zero-order valence-corrected chi connectivity index (χ0v) is 10.2. The van der Waals surface area contributed by atoms with E-state index >= 15 is 0 Å². The highest BCUT2D eigenvalue weighted by molar-refractivity contribution is 7.99. The SMILES string of the molecule is Cn1c(Sc2nc(NN)ncc2Cl)n[nH]c1=O. The lowest BCUT2D eigenvalue weighted by Crippen LogP contribution is -2.13. The molecule has 0 spiro atoms. The Kier molecular flexibility index (Phi) is 3.31. The van der Waals surface area contributed by atoms with Gasteiger partial charge in [-0.25, -0.2) is 25.7 Å². The number of hydrazine groups is 1. The molecule has 4 N–H and O–H groups in total. The Morgan fingerprint density at radius 1 is 1.65 bits per heavy atom. The van der Waals surface area contributed by atoms with Gasteiger partial charge in [0.1, 0.15) is 5.03 Å². The van der Waals surface area contributed by atoms with E-state index in [1.54, 1.807) is 7.05 Å². The van der Waals surface area contributed by atoms with E-state index in [0.717, 1.165) is 11.8 Å². The zero-order valence-electron chi connectivity index (χ0n) is 8.64. The average Bonchev–Trinajstić information content (AvgIpc) is 2.64. The Morgan fingerprint density at radius 3 is 3.00 bits per heavy atom. The molecule has 8 nitrogen and oxygen atoms in total. The second kappa shape index (κ2) is 4.73. The number of nitrogens with two attached hydrogens (primary N) is 1. The first-order valence-corrected chi connectivity index (χ1v) is 5.59. The molecule has 0 aliphatic carbocycles. The Hall–Kier alpha value is -1.58. The van der Waals surface area contributed by atoms with Crippen LogP contribution in [0.4, 0.5) is 5.95 Å². The van der Waals surface area contributed by atoms with Gasteiger partial charge < -0.3 is 0 Å². The fourth-order valence-electron chi connectivity index (χ4n) is 1.00. The monoisotopic (exact) mass is 273 g/mol. The molecule has 0 aliphatic rings. The topological polar surface area (TPSA) is 115 Å². The molecule has 0 aromatic carbocycles. The van der Waals surface area contributed by atoms with Gasteiger partial charge >= 0.3 is 5.69 Å². The average molecular weight is 274 g/mol. The maximum Gasteiger partial charge on any atom is 0.343 e. The predicted octanol–water partition coefficient (Wildman–Crippen LogP) is -0.0114. The second-order valence-electron chi connectivity index (χ2n) is 2.96. The highest BCUT2D eigenvalue weighted by Gasteiger charge is 2.11. The lowest BCUT2D eigenvalue weighted by molar-refractivity contribution is 0.764. The molecule has 0 saturated heterocycles. The highest BCUT2D eigenvalue weighted by Crippen LogP contribution is 2.29. The van der Waals surface area contributed by atoms with Crippen molar-refractivity contribution in [3.63, 3.8) is 0 Å². The van der Waals surface area contributed by atoms with Crippen LogP contribution < -0.4 is 17.0 Å². The highest BCUT2D eigenvalue weighted by atomic mass is 35.5. The summed E-state index contributed by atoms with van der Waals surface area (Å²) in [5, 5.41) is 7.39. The number of hydrogen-bond acceptors (Lipinski definition) is 7. The van der Waals surface area contributed by atoms with E-state index in [4.69, 9.17) is 17.4 Å².